The van der Waals surface area contributed by atoms with Gasteiger partial charge in [-0.05, 0) is 38.5 Å². The second-order valence-electron chi connectivity index (χ2n) is 6.85. The molecule has 0 saturated carbocycles. The summed E-state index contributed by atoms with van der Waals surface area (Å²) < 4.78 is 30.8. The van der Waals surface area contributed by atoms with E-state index in [9.17, 15) is 9.18 Å². The van der Waals surface area contributed by atoms with Crippen molar-refractivity contribution in [1.82, 2.24) is 4.98 Å². The third-order valence-corrected chi connectivity index (χ3v) is 5.79. The lowest BCUT2D eigenvalue weighted by atomic mass is 10.1. The van der Waals surface area contributed by atoms with Crippen molar-refractivity contribution < 1.29 is 23.4 Å². The topological polar surface area (TPSA) is 57.7 Å². The van der Waals surface area contributed by atoms with Crippen molar-refractivity contribution >= 4 is 17.3 Å². The zero-order valence-electron chi connectivity index (χ0n) is 17.9. The zero-order valence-corrected chi connectivity index (χ0v) is 18.7. The lowest BCUT2D eigenvalue weighted by molar-refractivity contribution is -0.156. The quantitative estimate of drug-likeness (QED) is 0.396. The van der Waals surface area contributed by atoms with Gasteiger partial charge >= 0.3 is 5.97 Å². The van der Waals surface area contributed by atoms with Crippen molar-refractivity contribution in [3.63, 3.8) is 0 Å². The van der Waals surface area contributed by atoms with Crippen LogP contribution in [0.4, 0.5) is 4.39 Å². The lowest BCUT2D eigenvalue weighted by Crippen LogP contribution is -2.29. The molecule has 31 heavy (non-hydrogen) atoms. The SMILES string of the molecule is CCOC(=O)C(Cc1ccc(OCc2sc(-c3ccccc3)nc2C)c(F)c1)OCC. The highest BCUT2D eigenvalue weighted by atomic mass is 32.1. The number of hydrogen-bond acceptors (Lipinski definition) is 6. The minimum absolute atomic E-state index is 0.155. The molecular weight excluding hydrogens is 417 g/mol. The van der Waals surface area contributed by atoms with Gasteiger partial charge in [-0.2, -0.15) is 0 Å². The van der Waals surface area contributed by atoms with Crippen LogP contribution in [0.3, 0.4) is 0 Å². The van der Waals surface area contributed by atoms with Crippen LogP contribution in [0.5, 0.6) is 5.75 Å². The van der Waals surface area contributed by atoms with Crippen molar-refractivity contribution in [1.29, 1.82) is 0 Å². The lowest BCUT2D eigenvalue weighted by Gasteiger charge is -2.16. The van der Waals surface area contributed by atoms with E-state index in [-0.39, 0.29) is 25.4 Å². The van der Waals surface area contributed by atoms with Crippen molar-refractivity contribution in [2.24, 2.45) is 0 Å². The Hall–Kier alpha value is -2.77. The Kier molecular flexibility index (Phi) is 8.14. The standard InChI is InChI=1S/C24H26FNO4S/c1-4-28-21(24(27)29-5-2)14-17-11-12-20(19(25)13-17)30-15-22-16(3)26-23(31-22)18-9-7-6-8-10-18/h6-13,21H,4-5,14-15H2,1-3H3. The first kappa shape index (κ1) is 22.9. The number of carbonyl (C=O) groups excluding carboxylic acids is 1. The summed E-state index contributed by atoms with van der Waals surface area (Å²) >= 11 is 1.54. The molecule has 0 aliphatic heterocycles. The van der Waals surface area contributed by atoms with E-state index in [1.165, 1.54) is 17.4 Å². The third kappa shape index (κ3) is 6.12. The van der Waals surface area contributed by atoms with E-state index >= 15 is 0 Å². The molecule has 0 saturated heterocycles. The Morgan fingerprint density at radius 1 is 1.13 bits per heavy atom. The fraction of sp³-hybridized carbons (Fsp3) is 0.333. The van der Waals surface area contributed by atoms with Crippen molar-refractivity contribution in [3.05, 3.63) is 70.5 Å². The summed E-state index contributed by atoms with van der Waals surface area (Å²) in [4.78, 5) is 17.6. The number of aromatic nitrogens is 1. The smallest absolute Gasteiger partial charge is 0.335 e. The molecule has 0 aliphatic carbocycles. The average Bonchev–Trinajstić information content (AvgIpc) is 3.14. The first-order chi connectivity index (χ1) is 15.0. The molecule has 1 aromatic heterocycles. The molecule has 1 unspecified atom stereocenters. The number of nitrogens with zero attached hydrogens (tertiary/aromatic N) is 1. The summed E-state index contributed by atoms with van der Waals surface area (Å²) in [6.07, 6.45) is -0.523. The van der Waals surface area contributed by atoms with E-state index in [2.05, 4.69) is 4.98 Å². The van der Waals surface area contributed by atoms with E-state index in [4.69, 9.17) is 14.2 Å². The molecule has 0 fully saturated rings. The molecule has 164 valence electrons. The van der Waals surface area contributed by atoms with Gasteiger partial charge in [0.2, 0.25) is 0 Å². The monoisotopic (exact) mass is 443 g/mol. The number of halogens is 1. The molecular formula is C24H26FNO4S. The molecule has 1 atom stereocenters. The van der Waals surface area contributed by atoms with E-state index in [0.717, 1.165) is 21.1 Å². The Balaban J connectivity index is 1.66. The predicted molar refractivity (Wildman–Crippen MR) is 119 cm³/mol. The van der Waals surface area contributed by atoms with Gasteiger partial charge in [0.1, 0.15) is 11.6 Å². The Morgan fingerprint density at radius 3 is 2.58 bits per heavy atom. The van der Waals surface area contributed by atoms with Gasteiger partial charge in [-0.3, -0.25) is 0 Å². The second kappa shape index (κ2) is 11.0. The highest BCUT2D eigenvalue weighted by Gasteiger charge is 2.21. The number of esters is 1. The molecule has 0 spiro atoms. The summed E-state index contributed by atoms with van der Waals surface area (Å²) in [5.74, 6) is -0.774. The summed E-state index contributed by atoms with van der Waals surface area (Å²) in [5.41, 5.74) is 2.55. The van der Waals surface area contributed by atoms with E-state index < -0.39 is 17.9 Å². The van der Waals surface area contributed by atoms with Crippen LogP contribution in [0.1, 0.15) is 30.0 Å². The molecule has 0 radical (unpaired) electrons. The largest absolute Gasteiger partial charge is 0.485 e. The fourth-order valence-electron chi connectivity index (χ4n) is 3.06. The first-order valence-corrected chi connectivity index (χ1v) is 11.0. The van der Waals surface area contributed by atoms with Gasteiger partial charge in [-0.15, -0.1) is 11.3 Å². The van der Waals surface area contributed by atoms with Crippen LogP contribution in [-0.4, -0.2) is 30.3 Å². The minimum Gasteiger partial charge on any atom is -0.485 e. The third-order valence-electron chi connectivity index (χ3n) is 4.61. The summed E-state index contributed by atoms with van der Waals surface area (Å²) in [6.45, 7) is 6.33. The van der Waals surface area contributed by atoms with Crippen LogP contribution in [0, 0.1) is 12.7 Å². The Morgan fingerprint density at radius 2 is 1.90 bits per heavy atom. The number of aryl methyl sites for hydroxylation is 1. The molecule has 0 N–H and O–H groups in total. The first-order valence-electron chi connectivity index (χ1n) is 10.2. The van der Waals surface area contributed by atoms with Gasteiger partial charge in [0, 0.05) is 18.6 Å². The van der Waals surface area contributed by atoms with E-state index in [0.29, 0.717) is 12.2 Å². The highest BCUT2D eigenvalue weighted by molar-refractivity contribution is 7.15. The van der Waals surface area contributed by atoms with Crippen molar-refractivity contribution in [2.45, 2.75) is 39.9 Å². The number of benzene rings is 2. The number of thiazole rings is 1. The normalized spacial score (nSPS) is 11.9. The summed E-state index contributed by atoms with van der Waals surface area (Å²) in [6, 6.07) is 14.6. The van der Waals surface area contributed by atoms with Crippen molar-refractivity contribution in [3.8, 4) is 16.3 Å². The highest BCUT2D eigenvalue weighted by Crippen LogP contribution is 2.29. The Labute approximate surface area is 185 Å². The zero-order chi connectivity index (χ0) is 22.2. The molecule has 3 rings (SSSR count). The van der Waals surface area contributed by atoms with Gasteiger partial charge in [-0.1, -0.05) is 36.4 Å². The van der Waals surface area contributed by atoms with Crippen LogP contribution in [0.15, 0.2) is 48.5 Å². The second-order valence-corrected chi connectivity index (χ2v) is 7.93. The molecule has 2 aromatic carbocycles. The maximum atomic E-state index is 14.6. The fourth-order valence-corrected chi connectivity index (χ4v) is 4.04. The van der Waals surface area contributed by atoms with E-state index in [1.807, 2.05) is 37.3 Å². The number of ether oxygens (including phenoxy) is 3. The van der Waals surface area contributed by atoms with Crippen LogP contribution in [0.2, 0.25) is 0 Å². The van der Waals surface area contributed by atoms with Gasteiger partial charge in [0.15, 0.2) is 17.7 Å². The van der Waals surface area contributed by atoms with Crippen molar-refractivity contribution in [2.75, 3.05) is 13.2 Å². The van der Waals surface area contributed by atoms with Gasteiger partial charge < -0.3 is 14.2 Å². The van der Waals surface area contributed by atoms with Gasteiger partial charge in [0.25, 0.3) is 0 Å². The van der Waals surface area contributed by atoms with Crippen LogP contribution in [0.25, 0.3) is 10.6 Å². The Bertz CT molecular complexity index is 1010. The van der Waals surface area contributed by atoms with Crippen LogP contribution in [-0.2, 0) is 27.3 Å². The average molecular weight is 444 g/mol. The van der Waals surface area contributed by atoms with Gasteiger partial charge in [-0.25, -0.2) is 14.2 Å². The van der Waals surface area contributed by atoms with Gasteiger partial charge in [0.05, 0.1) is 17.2 Å². The number of hydrogen-bond donors (Lipinski definition) is 0. The van der Waals surface area contributed by atoms with Crippen LogP contribution < -0.4 is 4.74 Å². The minimum atomic E-state index is -0.757. The molecule has 1 heterocycles. The molecule has 0 aliphatic rings. The van der Waals surface area contributed by atoms with E-state index in [1.54, 1.807) is 26.0 Å². The molecule has 0 amide bonds. The maximum Gasteiger partial charge on any atom is 0.335 e. The molecule has 3 aromatic rings. The number of rotatable bonds is 10. The molecule has 5 nitrogen and oxygen atoms in total. The predicted octanol–water partition coefficient (Wildman–Crippen LogP) is 5.35. The summed E-state index contributed by atoms with van der Waals surface area (Å²) in [5, 5.41) is 0.911. The summed E-state index contributed by atoms with van der Waals surface area (Å²) in [7, 11) is 0. The maximum absolute atomic E-state index is 14.6. The molecule has 0 bridgehead atoms. The molecule has 7 heteroatoms. The van der Waals surface area contributed by atoms with Crippen LogP contribution >= 0.6 is 11.3 Å². The number of carbonyl (C=O) groups is 1.